The fourth-order valence-electron chi connectivity index (χ4n) is 2.39. The van der Waals surface area contributed by atoms with E-state index in [1.807, 2.05) is 59.4 Å². The zero-order chi connectivity index (χ0) is 17.1. The molecule has 0 saturated heterocycles. The Morgan fingerprint density at radius 3 is 2.80 bits per heavy atom. The summed E-state index contributed by atoms with van der Waals surface area (Å²) in [5.74, 6) is -0.0975. The van der Waals surface area contributed by atoms with E-state index >= 15 is 0 Å². The monoisotopic (exact) mass is 366 g/mol. The lowest BCUT2D eigenvalue weighted by Gasteiger charge is -2.00. The number of hydrogen-bond acceptors (Lipinski definition) is 5. The Balaban J connectivity index is 1.40. The van der Waals surface area contributed by atoms with Gasteiger partial charge in [-0.15, -0.1) is 22.7 Å². The summed E-state index contributed by atoms with van der Waals surface area (Å²) in [6.07, 6.45) is 3.85. The highest BCUT2D eigenvalue weighted by Gasteiger charge is 2.10. The van der Waals surface area contributed by atoms with Gasteiger partial charge < -0.3 is 5.32 Å². The molecule has 0 unspecified atom stereocenters. The van der Waals surface area contributed by atoms with Crippen LogP contribution in [-0.4, -0.2) is 20.7 Å². The van der Waals surface area contributed by atoms with E-state index in [4.69, 9.17) is 0 Å². The molecule has 0 aliphatic carbocycles. The van der Waals surface area contributed by atoms with Crippen molar-refractivity contribution < 1.29 is 4.79 Å². The highest BCUT2D eigenvalue weighted by Crippen LogP contribution is 2.28. The van der Waals surface area contributed by atoms with Crippen LogP contribution in [0.15, 0.2) is 65.6 Å². The number of para-hydroxylation sites is 1. The molecule has 1 aromatic carbocycles. The van der Waals surface area contributed by atoms with Crippen molar-refractivity contribution in [2.24, 2.45) is 0 Å². The van der Waals surface area contributed by atoms with Gasteiger partial charge in [-0.25, -0.2) is 9.67 Å². The van der Waals surface area contributed by atoms with E-state index in [0.29, 0.717) is 5.13 Å². The van der Waals surface area contributed by atoms with Crippen LogP contribution in [0.5, 0.6) is 0 Å². The van der Waals surface area contributed by atoms with Crippen LogP contribution in [0.4, 0.5) is 5.13 Å². The molecule has 3 aromatic heterocycles. The second kappa shape index (κ2) is 7.00. The molecule has 0 radical (unpaired) electrons. The molecule has 0 aliphatic rings. The number of carbonyl (C=O) groups is 1. The molecule has 0 aliphatic heterocycles. The number of amides is 1. The lowest BCUT2D eigenvalue weighted by Crippen LogP contribution is -2.13. The van der Waals surface area contributed by atoms with Crippen LogP contribution in [0.3, 0.4) is 0 Å². The molecule has 25 heavy (non-hydrogen) atoms. The predicted octanol–water partition coefficient (Wildman–Crippen LogP) is 4.24. The van der Waals surface area contributed by atoms with Crippen molar-refractivity contribution in [2.45, 2.75) is 6.42 Å². The van der Waals surface area contributed by atoms with Crippen LogP contribution in [0.25, 0.3) is 16.3 Å². The van der Waals surface area contributed by atoms with Crippen molar-refractivity contribution in [2.75, 3.05) is 5.32 Å². The van der Waals surface area contributed by atoms with Gasteiger partial charge in [-0.05, 0) is 29.1 Å². The fraction of sp³-hybridized carbons (Fsp3) is 0.0556. The minimum absolute atomic E-state index is 0.0975. The second-order valence-corrected chi connectivity index (χ2v) is 7.17. The molecule has 0 fully saturated rings. The van der Waals surface area contributed by atoms with Gasteiger partial charge in [0.2, 0.25) is 5.91 Å². The van der Waals surface area contributed by atoms with Gasteiger partial charge in [-0.3, -0.25) is 4.79 Å². The largest absolute Gasteiger partial charge is 0.302 e. The van der Waals surface area contributed by atoms with E-state index in [0.717, 1.165) is 21.8 Å². The third kappa shape index (κ3) is 3.67. The average molecular weight is 366 g/mol. The molecular weight excluding hydrogens is 352 g/mol. The minimum atomic E-state index is -0.0975. The van der Waals surface area contributed by atoms with E-state index < -0.39 is 0 Å². The number of rotatable bonds is 5. The van der Waals surface area contributed by atoms with Crippen molar-refractivity contribution in [3.05, 3.63) is 71.2 Å². The van der Waals surface area contributed by atoms with Gasteiger partial charge in [0.05, 0.1) is 28.9 Å². The zero-order valence-electron chi connectivity index (χ0n) is 13.1. The van der Waals surface area contributed by atoms with Crippen molar-refractivity contribution in [1.29, 1.82) is 0 Å². The number of nitrogens with one attached hydrogen (secondary N) is 1. The van der Waals surface area contributed by atoms with E-state index in [2.05, 4.69) is 15.4 Å². The minimum Gasteiger partial charge on any atom is -0.302 e. The topological polar surface area (TPSA) is 59.8 Å². The van der Waals surface area contributed by atoms with Gasteiger partial charge in [0.25, 0.3) is 0 Å². The summed E-state index contributed by atoms with van der Waals surface area (Å²) >= 11 is 3.06. The van der Waals surface area contributed by atoms with Gasteiger partial charge >= 0.3 is 0 Å². The lowest BCUT2D eigenvalue weighted by molar-refractivity contribution is -0.115. The molecule has 0 spiro atoms. The predicted molar refractivity (Wildman–Crippen MR) is 101 cm³/mol. The smallest absolute Gasteiger partial charge is 0.230 e. The van der Waals surface area contributed by atoms with Crippen molar-refractivity contribution in [3.63, 3.8) is 0 Å². The molecule has 3 heterocycles. The number of thiazole rings is 1. The Kier molecular flexibility index (Phi) is 4.41. The maximum Gasteiger partial charge on any atom is 0.230 e. The van der Waals surface area contributed by atoms with Gasteiger partial charge in [0.15, 0.2) is 5.13 Å². The molecule has 5 nitrogen and oxygen atoms in total. The number of thiophene rings is 1. The Labute approximate surface area is 152 Å². The third-order valence-corrected chi connectivity index (χ3v) is 5.20. The van der Waals surface area contributed by atoms with Gasteiger partial charge in [-0.1, -0.05) is 24.3 Å². The summed E-state index contributed by atoms with van der Waals surface area (Å²) in [5, 5.41) is 11.7. The number of carbonyl (C=O) groups excluding carboxylic acids is 1. The standard InChI is InChI=1S/C18H14N4OS2/c23-17(21-18-20-15(12-25-18)16-7-4-8-24-16)9-13-10-19-22(11-13)14-5-2-1-3-6-14/h1-8,10-12H,9H2,(H,20,21,23). The van der Waals surface area contributed by atoms with E-state index in [-0.39, 0.29) is 12.3 Å². The van der Waals surface area contributed by atoms with Crippen molar-refractivity contribution in [1.82, 2.24) is 14.8 Å². The van der Waals surface area contributed by atoms with Crippen LogP contribution >= 0.6 is 22.7 Å². The summed E-state index contributed by atoms with van der Waals surface area (Å²) < 4.78 is 1.76. The molecule has 1 N–H and O–H groups in total. The van der Waals surface area contributed by atoms with Gasteiger partial charge in [-0.2, -0.15) is 5.10 Å². The molecule has 7 heteroatoms. The number of anilines is 1. The third-order valence-electron chi connectivity index (χ3n) is 3.55. The van der Waals surface area contributed by atoms with Crippen LogP contribution in [0, 0.1) is 0 Å². The fourth-order valence-corrected chi connectivity index (χ4v) is 3.88. The normalized spacial score (nSPS) is 10.7. The van der Waals surface area contributed by atoms with Crippen molar-refractivity contribution >= 4 is 33.7 Å². The first-order valence-electron chi connectivity index (χ1n) is 7.66. The molecular formula is C18H14N4OS2. The van der Waals surface area contributed by atoms with Crippen LogP contribution in [0.2, 0.25) is 0 Å². The van der Waals surface area contributed by atoms with Crippen LogP contribution in [-0.2, 0) is 11.2 Å². The van der Waals surface area contributed by atoms with Crippen molar-refractivity contribution in [3.8, 4) is 16.3 Å². The molecule has 4 aromatic rings. The summed E-state index contributed by atoms with van der Waals surface area (Å²) in [6.45, 7) is 0. The van der Waals surface area contributed by atoms with Crippen LogP contribution < -0.4 is 5.32 Å². The van der Waals surface area contributed by atoms with E-state index in [9.17, 15) is 4.79 Å². The average Bonchev–Trinajstić information content (AvgIpc) is 3.37. The Hall–Kier alpha value is -2.77. The first-order valence-corrected chi connectivity index (χ1v) is 9.42. The van der Waals surface area contributed by atoms with Gasteiger partial charge in [0, 0.05) is 11.6 Å². The maximum atomic E-state index is 12.2. The molecule has 0 atom stereocenters. The molecule has 0 saturated carbocycles. The first-order chi connectivity index (χ1) is 12.3. The number of nitrogens with zero attached hydrogens (tertiary/aromatic N) is 3. The maximum absolute atomic E-state index is 12.2. The molecule has 0 bridgehead atoms. The zero-order valence-corrected chi connectivity index (χ0v) is 14.8. The Bertz CT molecular complexity index is 974. The number of aromatic nitrogens is 3. The second-order valence-electron chi connectivity index (χ2n) is 5.37. The highest BCUT2D eigenvalue weighted by atomic mass is 32.1. The van der Waals surface area contributed by atoms with Crippen LogP contribution in [0.1, 0.15) is 5.56 Å². The molecule has 124 valence electrons. The van der Waals surface area contributed by atoms with E-state index in [1.165, 1.54) is 11.3 Å². The summed E-state index contributed by atoms with van der Waals surface area (Å²) in [4.78, 5) is 17.8. The highest BCUT2D eigenvalue weighted by molar-refractivity contribution is 7.16. The summed E-state index contributed by atoms with van der Waals surface area (Å²) in [6, 6.07) is 13.8. The lowest BCUT2D eigenvalue weighted by atomic mass is 10.2. The Morgan fingerprint density at radius 1 is 1.12 bits per heavy atom. The Morgan fingerprint density at radius 2 is 2.00 bits per heavy atom. The summed E-state index contributed by atoms with van der Waals surface area (Å²) in [7, 11) is 0. The van der Waals surface area contributed by atoms with Gasteiger partial charge in [0.1, 0.15) is 0 Å². The first kappa shape index (κ1) is 15.7. The quantitative estimate of drug-likeness (QED) is 0.575. The molecule has 1 amide bonds. The molecule has 4 rings (SSSR count). The van der Waals surface area contributed by atoms with E-state index in [1.54, 1.807) is 22.2 Å². The SMILES string of the molecule is O=C(Cc1cnn(-c2ccccc2)c1)Nc1nc(-c2cccs2)cs1. The summed E-state index contributed by atoms with van der Waals surface area (Å²) in [5.41, 5.74) is 2.72. The number of benzene rings is 1. The number of hydrogen-bond donors (Lipinski definition) is 1.